The predicted octanol–water partition coefficient (Wildman–Crippen LogP) is 4.27. The van der Waals surface area contributed by atoms with Crippen molar-refractivity contribution in [3.05, 3.63) is 60.3 Å². The first-order valence-electron chi connectivity index (χ1n) is 8.92. The highest BCUT2D eigenvalue weighted by Gasteiger charge is 2.12. The molecule has 1 saturated heterocycles. The van der Waals surface area contributed by atoms with Gasteiger partial charge < -0.3 is 15.5 Å². The molecule has 6 nitrogen and oxygen atoms in total. The lowest BCUT2D eigenvalue weighted by Gasteiger charge is -2.17. The number of aryl methyl sites for hydroxylation is 1. The van der Waals surface area contributed by atoms with E-state index in [1.165, 1.54) is 18.5 Å². The van der Waals surface area contributed by atoms with E-state index in [1.807, 2.05) is 31.2 Å². The second-order valence-corrected chi connectivity index (χ2v) is 6.47. The first kappa shape index (κ1) is 16.3. The number of aromatic nitrogens is 3. The molecule has 0 amide bonds. The van der Waals surface area contributed by atoms with E-state index >= 15 is 0 Å². The Morgan fingerprint density at radius 1 is 0.923 bits per heavy atom. The standard InChI is InChI=1S/C20H22N6/c1-15-6-2-3-7-18(15)23-20-24-19(14-21-25-20)22-16-8-10-17(11-9-16)26-12-4-5-13-26/h2-3,6-11,14H,4-5,12-13H2,1H3,(H2,22,23,24,25). The van der Waals surface area contributed by atoms with E-state index in [2.05, 4.69) is 55.0 Å². The maximum absolute atomic E-state index is 4.50. The number of hydrogen-bond donors (Lipinski definition) is 2. The van der Waals surface area contributed by atoms with E-state index in [1.54, 1.807) is 6.20 Å². The fourth-order valence-corrected chi connectivity index (χ4v) is 3.13. The number of rotatable bonds is 5. The van der Waals surface area contributed by atoms with E-state index in [0.29, 0.717) is 11.8 Å². The van der Waals surface area contributed by atoms with E-state index in [-0.39, 0.29) is 0 Å². The van der Waals surface area contributed by atoms with E-state index in [0.717, 1.165) is 30.0 Å². The van der Waals surface area contributed by atoms with E-state index in [9.17, 15) is 0 Å². The molecule has 2 heterocycles. The van der Waals surface area contributed by atoms with Crippen LogP contribution in [0.2, 0.25) is 0 Å². The number of nitrogens with zero attached hydrogens (tertiary/aromatic N) is 4. The molecule has 1 fully saturated rings. The Hall–Kier alpha value is -3.15. The van der Waals surface area contributed by atoms with Gasteiger partial charge in [0.25, 0.3) is 0 Å². The maximum Gasteiger partial charge on any atom is 0.249 e. The van der Waals surface area contributed by atoms with Crippen molar-refractivity contribution in [1.29, 1.82) is 0 Å². The molecule has 1 aliphatic heterocycles. The minimum absolute atomic E-state index is 0.470. The van der Waals surface area contributed by atoms with Crippen LogP contribution in [0, 0.1) is 6.92 Å². The topological polar surface area (TPSA) is 66.0 Å². The number of hydrogen-bond acceptors (Lipinski definition) is 6. The minimum atomic E-state index is 0.470. The molecule has 0 unspecified atom stereocenters. The van der Waals surface area contributed by atoms with Crippen molar-refractivity contribution in [2.75, 3.05) is 28.6 Å². The van der Waals surface area contributed by atoms with Crippen LogP contribution in [0.15, 0.2) is 54.7 Å². The van der Waals surface area contributed by atoms with Crippen LogP contribution < -0.4 is 15.5 Å². The van der Waals surface area contributed by atoms with Crippen molar-refractivity contribution in [2.24, 2.45) is 0 Å². The van der Waals surface area contributed by atoms with E-state index in [4.69, 9.17) is 0 Å². The Balaban J connectivity index is 1.46. The highest BCUT2D eigenvalue weighted by Crippen LogP contribution is 2.24. The molecule has 6 heteroatoms. The number of anilines is 5. The van der Waals surface area contributed by atoms with Gasteiger partial charge in [-0.2, -0.15) is 10.1 Å². The van der Waals surface area contributed by atoms with Crippen LogP contribution in [-0.2, 0) is 0 Å². The van der Waals surface area contributed by atoms with Crippen LogP contribution in [-0.4, -0.2) is 28.3 Å². The van der Waals surface area contributed by atoms with Crippen molar-refractivity contribution in [3.63, 3.8) is 0 Å². The molecule has 0 radical (unpaired) electrons. The van der Waals surface area contributed by atoms with Crippen LogP contribution in [0.1, 0.15) is 18.4 Å². The van der Waals surface area contributed by atoms with Crippen molar-refractivity contribution in [2.45, 2.75) is 19.8 Å². The number of benzene rings is 2. The van der Waals surface area contributed by atoms with Gasteiger partial charge >= 0.3 is 0 Å². The average Bonchev–Trinajstić information content (AvgIpc) is 3.19. The first-order chi connectivity index (χ1) is 12.8. The third-order valence-electron chi connectivity index (χ3n) is 4.56. The van der Waals surface area contributed by atoms with Gasteiger partial charge in [0.15, 0.2) is 5.82 Å². The molecule has 2 N–H and O–H groups in total. The molecule has 0 saturated carbocycles. The Bertz CT molecular complexity index is 871. The lowest BCUT2D eigenvalue weighted by molar-refractivity contribution is 0.949. The fourth-order valence-electron chi connectivity index (χ4n) is 3.13. The molecule has 0 bridgehead atoms. The zero-order valence-corrected chi connectivity index (χ0v) is 14.8. The van der Waals surface area contributed by atoms with Gasteiger partial charge in [-0.1, -0.05) is 18.2 Å². The van der Waals surface area contributed by atoms with Crippen molar-refractivity contribution >= 4 is 28.8 Å². The Morgan fingerprint density at radius 3 is 2.46 bits per heavy atom. The highest BCUT2D eigenvalue weighted by atomic mass is 15.3. The van der Waals surface area contributed by atoms with Crippen LogP contribution in [0.3, 0.4) is 0 Å². The smallest absolute Gasteiger partial charge is 0.249 e. The van der Waals surface area contributed by atoms with Crippen LogP contribution in [0.5, 0.6) is 0 Å². The molecule has 0 spiro atoms. The summed E-state index contributed by atoms with van der Waals surface area (Å²) >= 11 is 0. The lowest BCUT2D eigenvalue weighted by Crippen LogP contribution is -2.17. The molecular weight excluding hydrogens is 324 g/mol. The molecule has 3 aromatic rings. The number of nitrogens with one attached hydrogen (secondary N) is 2. The summed E-state index contributed by atoms with van der Waals surface area (Å²) < 4.78 is 0. The normalized spacial score (nSPS) is 13.7. The van der Waals surface area contributed by atoms with Gasteiger partial charge in [0.1, 0.15) is 0 Å². The zero-order chi connectivity index (χ0) is 17.8. The summed E-state index contributed by atoms with van der Waals surface area (Å²) in [6, 6.07) is 16.5. The molecule has 0 atom stereocenters. The Morgan fingerprint density at radius 2 is 1.69 bits per heavy atom. The summed E-state index contributed by atoms with van der Waals surface area (Å²) in [5.74, 6) is 1.13. The first-order valence-corrected chi connectivity index (χ1v) is 8.92. The molecule has 0 aliphatic carbocycles. The molecule has 26 heavy (non-hydrogen) atoms. The average molecular weight is 346 g/mol. The third kappa shape index (κ3) is 3.74. The third-order valence-corrected chi connectivity index (χ3v) is 4.56. The van der Waals surface area contributed by atoms with Gasteiger partial charge in [0, 0.05) is 30.2 Å². The second kappa shape index (κ2) is 7.39. The summed E-state index contributed by atoms with van der Waals surface area (Å²) in [7, 11) is 0. The van der Waals surface area contributed by atoms with E-state index < -0.39 is 0 Å². The van der Waals surface area contributed by atoms with Crippen LogP contribution in [0.25, 0.3) is 0 Å². The Labute approximate surface area is 153 Å². The van der Waals surface area contributed by atoms with Gasteiger partial charge in [0.05, 0.1) is 6.20 Å². The van der Waals surface area contributed by atoms with Crippen molar-refractivity contribution in [1.82, 2.24) is 15.2 Å². The summed E-state index contributed by atoms with van der Waals surface area (Å²) in [6.45, 7) is 4.34. The molecule has 4 rings (SSSR count). The minimum Gasteiger partial charge on any atom is -0.372 e. The fraction of sp³-hybridized carbons (Fsp3) is 0.250. The number of para-hydroxylation sites is 1. The van der Waals surface area contributed by atoms with Gasteiger partial charge in [-0.25, -0.2) is 0 Å². The van der Waals surface area contributed by atoms with Crippen molar-refractivity contribution in [3.8, 4) is 0 Å². The summed E-state index contributed by atoms with van der Waals surface area (Å²) in [4.78, 5) is 6.91. The molecular formula is C20H22N6. The highest BCUT2D eigenvalue weighted by molar-refractivity contribution is 5.62. The zero-order valence-electron chi connectivity index (χ0n) is 14.8. The summed E-state index contributed by atoms with van der Waals surface area (Å²) in [5, 5.41) is 14.6. The van der Waals surface area contributed by atoms with Gasteiger partial charge in [-0.05, 0) is 55.7 Å². The molecule has 1 aliphatic rings. The predicted molar refractivity (Wildman–Crippen MR) is 105 cm³/mol. The monoisotopic (exact) mass is 346 g/mol. The van der Waals surface area contributed by atoms with Crippen molar-refractivity contribution < 1.29 is 0 Å². The lowest BCUT2D eigenvalue weighted by atomic mass is 10.2. The Kier molecular flexibility index (Phi) is 4.64. The summed E-state index contributed by atoms with van der Waals surface area (Å²) in [5.41, 5.74) is 4.36. The SMILES string of the molecule is Cc1ccccc1Nc1nncc(Nc2ccc(N3CCCC3)cc2)n1. The largest absolute Gasteiger partial charge is 0.372 e. The quantitative estimate of drug-likeness (QED) is 0.719. The summed E-state index contributed by atoms with van der Waals surface area (Å²) in [6.07, 6.45) is 4.18. The molecule has 2 aromatic carbocycles. The molecule has 132 valence electrons. The molecule has 1 aromatic heterocycles. The maximum atomic E-state index is 4.50. The van der Waals surface area contributed by atoms with Gasteiger partial charge in [-0.15, -0.1) is 5.10 Å². The second-order valence-electron chi connectivity index (χ2n) is 6.47. The van der Waals surface area contributed by atoms with Gasteiger partial charge in [0.2, 0.25) is 5.95 Å². The van der Waals surface area contributed by atoms with Gasteiger partial charge in [-0.3, -0.25) is 0 Å². The van der Waals surface area contributed by atoms with Crippen LogP contribution in [0.4, 0.5) is 28.8 Å². The van der Waals surface area contributed by atoms with Crippen LogP contribution >= 0.6 is 0 Å².